The molecule has 1 saturated heterocycles. The molecule has 6 heteroatoms. The van der Waals surface area contributed by atoms with Gasteiger partial charge in [0.1, 0.15) is 0 Å². The number of carbonyl (C=O) groups is 2. The lowest BCUT2D eigenvalue weighted by molar-refractivity contribution is 0.0665. The predicted molar refractivity (Wildman–Crippen MR) is 79.0 cm³/mol. The van der Waals surface area contributed by atoms with Crippen LogP contribution in [0.3, 0.4) is 0 Å². The molecule has 1 aliphatic carbocycles. The van der Waals surface area contributed by atoms with Gasteiger partial charge in [-0.25, -0.2) is 4.79 Å². The molecule has 3 rings (SSSR count). The number of H-pyrrole nitrogens is 1. The molecular weight excluding hydrogens is 268 g/mol. The highest BCUT2D eigenvalue weighted by atomic mass is 16.2. The van der Waals surface area contributed by atoms with E-state index in [1.807, 2.05) is 11.0 Å². The Kier molecular flexibility index (Phi) is 3.39. The lowest BCUT2D eigenvalue weighted by Crippen LogP contribution is -2.54. The standard InChI is InChI=1S/C15H22N4O2/c1-18(2)14(21)17-12-7-15(8-12)4-6-19(10-15)13(20)11-3-5-16-9-11/h3,5,9,12,16H,4,6-8,10H2,1-2H3,(H,17,21). The number of carbonyl (C=O) groups excluding carboxylic acids is 2. The van der Waals surface area contributed by atoms with Crippen LogP contribution in [-0.2, 0) is 0 Å². The predicted octanol–water partition coefficient (Wildman–Crippen LogP) is 1.28. The van der Waals surface area contributed by atoms with Crippen molar-refractivity contribution in [3.63, 3.8) is 0 Å². The van der Waals surface area contributed by atoms with Crippen LogP contribution in [-0.4, -0.2) is 59.9 Å². The number of hydrogen-bond acceptors (Lipinski definition) is 2. The topological polar surface area (TPSA) is 68.4 Å². The summed E-state index contributed by atoms with van der Waals surface area (Å²) in [6.07, 6.45) is 6.51. The van der Waals surface area contributed by atoms with Crippen LogP contribution in [0.1, 0.15) is 29.6 Å². The van der Waals surface area contributed by atoms with E-state index in [2.05, 4.69) is 10.3 Å². The van der Waals surface area contributed by atoms with Gasteiger partial charge in [0.25, 0.3) is 5.91 Å². The van der Waals surface area contributed by atoms with Crippen LogP contribution in [0.2, 0.25) is 0 Å². The van der Waals surface area contributed by atoms with Gasteiger partial charge in [-0.2, -0.15) is 0 Å². The highest BCUT2D eigenvalue weighted by Crippen LogP contribution is 2.48. The number of aromatic nitrogens is 1. The van der Waals surface area contributed by atoms with Gasteiger partial charge in [0, 0.05) is 45.6 Å². The molecule has 1 aliphatic heterocycles. The number of likely N-dealkylation sites (tertiary alicyclic amines) is 1. The highest BCUT2D eigenvalue weighted by Gasteiger charge is 2.49. The van der Waals surface area contributed by atoms with Gasteiger partial charge in [0.2, 0.25) is 0 Å². The van der Waals surface area contributed by atoms with Crippen LogP contribution >= 0.6 is 0 Å². The molecule has 1 aromatic heterocycles. The molecule has 1 saturated carbocycles. The summed E-state index contributed by atoms with van der Waals surface area (Å²) in [7, 11) is 3.49. The lowest BCUT2D eigenvalue weighted by atomic mass is 9.65. The average molecular weight is 290 g/mol. The van der Waals surface area contributed by atoms with Gasteiger partial charge in [-0.3, -0.25) is 4.79 Å². The number of aromatic amines is 1. The Bertz CT molecular complexity index is 532. The summed E-state index contributed by atoms with van der Waals surface area (Å²) in [6, 6.07) is 2.03. The quantitative estimate of drug-likeness (QED) is 0.861. The normalized spacial score (nSPS) is 27.5. The zero-order valence-corrected chi connectivity index (χ0v) is 12.6. The minimum absolute atomic E-state index is 0.0342. The Hall–Kier alpha value is -1.98. The molecule has 2 heterocycles. The van der Waals surface area contributed by atoms with E-state index < -0.39 is 0 Å². The number of nitrogens with one attached hydrogen (secondary N) is 2. The third-order valence-electron chi connectivity index (χ3n) is 4.66. The Balaban J connectivity index is 1.52. The van der Waals surface area contributed by atoms with E-state index >= 15 is 0 Å². The summed E-state index contributed by atoms with van der Waals surface area (Å²) >= 11 is 0. The molecule has 0 bridgehead atoms. The summed E-state index contributed by atoms with van der Waals surface area (Å²) in [6.45, 7) is 1.63. The molecule has 2 N–H and O–H groups in total. The van der Waals surface area contributed by atoms with Crippen LogP contribution in [0.25, 0.3) is 0 Å². The van der Waals surface area contributed by atoms with Gasteiger partial charge < -0.3 is 20.1 Å². The van der Waals surface area contributed by atoms with Crippen molar-refractivity contribution in [2.24, 2.45) is 5.41 Å². The summed E-state index contributed by atoms with van der Waals surface area (Å²) in [5.41, 5.74) is 0.944. The van der Waals surface area contributed by atoms with Gasteiger partial charge in [-0.15, -0.1) is 0 Å². The fourth-order valence-electron chi connectivity index (χ4n) is 3.47. The first-order valence-corrected chi connectivity index (χ1v) is 7.39. The molecule has 1 spiro atoms. The van der Waals surface area contributed by atoms with Crippen LogP contribution in [0.4, 0.5) is 4.79 Å². The number of rotatable bonds is 2. The van der Waals surface area contributed by atoms with E-state index in [0.717, 1.165) is 37.9 Å². The number of urea groups is 1. The van der Waals surface area contributed by atoms with Gasteiger partial charge >= 0.3 is 6.03 Å². The smallest absolute Gasteiger partial charge is 0.317 e. The zero-order valence-electron chi connectivity index (χ0n) is 12.6. The maximum Gasteiger partial charge on any atom is 0.317 e. The Morgan fingerprint density at radius 2 is 2.19 bits per heavy atom. The van der Waals surface area contributed by atoms with Crippen LogP contribution in [0.15, 0.2) is 18.5 Å². The average Bonchev–Trinajstić information content (AvgIpc) is 3.06. The van der Waals surface area contributed by atoms with Crippen molar-refractivity contribution in [2.45, 2.75) is 25.3 Å². The third kappa shape index (κ3) is 2.62. The maximum atomic E-state index is 12.3. The molecular formula is C15H22N4O2. The number of hydrogen-bond donors (Lipinski definition) is 2. The van der Waals surface area contributed by atoms with Crippen molar-refractivity contribution >= 4 is 11.9 Å². The summed E-state index contributed by atoms with van der Waals surface area (Å²) in [5.74, 6) is 0.105. The molecule has 114 valence electrons. The summed E-state index contributed by atoms with van der Waals surface area (Å²) in [5, 5.41) is 3.02. The SMILES string of the molecule is CN(C)C(=O)NC1CC2(CCN(C(=O)c3cc[nH]c3)C2)C1. The molecule has 2 aliphatic rings. The molecule has 1 aromatic rings. The Labute approximate surface area is 124 Å². The van der Waals surface area contributed by atoms with Crippen molar-refractivity contribution in [3.8, 4) is 0 Å². The van der Waals surface area contributed by atoms with Crippen molar-refractivity contribution in [1.82, 2.24) is 20.1 Å². The van der Waals surface area contributed by atoms with E-state index in [9.17, 15) is 9.59 Å². The van der Waals surface area contributed by atoms with Gasteiger partial charge in [0.05, 0.1) is 5.56 Å². The van der Waals surface area contributed by atoms with Gasteiger partial charge in [-0.05, 0) is 30.7 Å². The molecule has 0 atom stereocenters. The second kappa shape index (κ2) is 5.09. The van der Waals surface area contributed by atoms with Crippen molar-refractivity contribution in [2.75, 3.05) is 27.2 Å². The molecule has 0 radical (unpaired) electrons. The maximum absolute atomic E-state index is 12.3. The van der Waals surface area contributed by atoms with Crippen molar-refractivity contribution < 1.29 is 9.59 Å². The summed E-state index contributed by atoms with van der Waals surface area (Å²) < 4.78 is 0. The molecule has 21 heavy (non-hydrogen) atoms. The molecule has 2 fully saturated rings. The highest BCUT2D eigenvalue weighted by molar-refractivity contribution is 5.94. The van der Waals surface area contributed by atoms with Gasteiger partial charge in [-0.1, -0.05) is 0 Å². The molecule has 6 nitrogen and oxygen atoms in total. The van der Waals surface area contributed by atoms with Crippen molar-refractivity contribution in [1.29, 1.82) is 0 Å². The first-order chi connectivity index (χ1) is 9.99. The first-order valence-electron chi connectivity index (χ1n) is 7.39. The monoisotopic (exact) mass is 290 g/mol. The minimum atomic E-state index is -0.0342. The fourth-order valence-corrected chi connectivity index (χ4v) is 3.47. The van der Waals surface area contributed by atoms with Crippen molar-refractivity contribution in [3.05, 3.63) is 24.0 Å². The lowest BCUT2D eigenvalue weighted by Gasteiger charge is -2.45. The zero-order chi connectivity index (χ0) is 15.0. The van der Waals surface area contributed by atoms with Crippen LogP contribution in [0, 0.1) is 5.41 Å². The van der Waals surface area contributed by atoms with Crippen LogP contribution in [0.5, 0.6) is 0 Å². The second-order valence-corrected chi connectivity index (χ2v) is 6.53. The minimum Gasteiger partial charge on any atom is -0.367 e. The van der Waals surface area contributed by atoms with E-state index in [4.69, 9.17) is 0 Å². The second-order valence-electron chi connectivity index (χ2n) is 6.53. The van der Waals surface area contributed by atoms with E-state index in [-0.39, 0.29) is 23.4 Å². The Morgan fingerprint density at radius 3 is 2.81 bits per heavy atom. The first kappa shape index (κ1) is 14.0. The summed E-state index contributed by atoms with van der Waals surface area (Å²) in [4.78, 5) is 30.4. The largest absolute Gasteiger partial charge is 0.367 e. The number of amides is 3. The van der Waals surface area contributed by atoms with E-state index in [1.165, 1.54) is 0 Å². The molecule has 0 aromatic carbocycles. The molecule has 3 amide bonds. The van der Waals surface area contributed by atoms with Crippen LogP contribution < -0.4 is 5.32 Å². The van der Waals surface area contributed by atoms with E-state index in [0.29, 0.717) is 0 Å². The third-order valence-corrected chi connectivity index (χ3v) is 4.66. The van der Waals surface area contributed by atoms with Gasteiger partial charge in [0.15, 0.2) is 0 Å². The fraction of sp³-hybridized carbons (Fsp3) is 0.600. The molecule has 0 unspecified atom stereocenters. The Morgan fingerprint density at radius 1 is 1.43 bits per heavy atom. The van der Waals surface area contributed by atoms with E-state index in [1.54, 1.807) is 31.4 Å². The number of nitrogens with zero attached hydrogens (tertiary/aromatic N) is 2.